The normalized spacial score (nSPS) is 11.8. The van der Waals surface area contributed by atoms with E-state index in [-0.39, 0.29) is 0 Å². The van der Waals surface area contributed by atoms with Crippen LogP contribution < -0.4 is 0 Å². The van der Waals surface area contributed by atoms with Crippen LogP contribution >= 0.6 is 0 Å². The molecule has 0 saturated carbocycles. The van der Waals surface area contributed by atoms with E-state index >= 15 is 0 Å². The molecule has 0 aliphatic heterocycles. The molecule has 149 heavy (non-hydrogen) atoms. The lowest BCUT2D eigenvalue weighted by Gasteiger charge is -2.18. The Morgan fingerprint density at radius 1 is 0.0872 bits per heavy atom. The average molecular weight is 1890 g/mol. The van der Waals surface area contributed by atoms with Crippen LogP contribution in [0.1, 0.15) is 0 Å². The van der Waals surface area contributed by atoms with Crippen molar-refractivity contribution in [2.45, 2.75) is 0 Å². The second-order valence-corrected chi connectivity index (χ2v) is 39.4. The lowest BCUT2D eigenvalue weighted by atomic mass is 9.85. The van der Waals surface area contributed by atoms with Gasteiger partial charge in [0.2, 0.25) is 0 Å². The van der Waals surface area contributed by atoms with Crippen molar-refractivity contribution in [1.29, 1.82) is 0 Å². The van der Waals surface area contributed by atoms with E-state index in [1.807, 2.05) is 0 Å². The molecule has 3 heterocycles. The van der Waals surface area contributed by atoms with Crippen LogP contribution in [-0.2, 0) is 0 Å². The lowest BCUT2D eigenvalue weighted by Crippen LogP contribution is -1.91. The molecule has 3 aromatic heterocycles. The van der Waals surface area contributed by atoms with Gasteiger partial charge < -0.3 is 13.3 Å². The van der Waals surface area contributed by atoms with Gasteiger partial charge in [0, 0.05) is 32.3 Å². The number of fused-ring (bicyclic) bond motifs is 20. The van der Waals surface area contributed by atoms with Crippen LogP contribution in [0.4, 0.5) is 0 Å². The highest BCUT2D eigenvalue weighted by molar-refractivity contribution is 6.26. The Labute approximate surface area is 859 Å². The van der Waals surface area contributed by atoms with Gasteiger partial charge in [-0.3, -0.25) is 0 Å². The maximum atomic E-state index is 6.30. The summed E-state index contributed by atoms with van der Waals surface area (Å²) in [7, 11) is 0. The quantitative estimate of drug-likeness (QED) is 0.121. The van der Waals surface area contributed by atoms with Gasteiger partial charge in [0.15, 0.2) is 0 Å². The fourth-order valence-electron chi connectivity index (χ4n) is 23.8. The summed E-state index contributed by atoms with van der Waals surface area (Å²) in [6, 6.07) is 198. The van der Waals surface area contributed by atoms with Gasteiger partial charge in [-0.1, -0.05) is 455 Å². The first-order chi connectivity index (χ1) is 73.8. The highest BCUT2D eigenvalue weighted by atomic mass is 16.3. The molecule has 0 amide bonds. The summed E-state index contributed by atoms with van der Waals surface area (Å²) in [6.07, 6.45) is 0. The Kier molecular flexibility index (Phi) is 20.7. The molecule has 3 heteroatoms. The molecule has 0 radical (unpaired) electrons. The van der Waals surface area contributed by atoms with Gasteiger partial charge in [0.1, 0.15) is 33.5 Å². The highest BCUT2D eigenvalue weighted by Crippen LogP contribution is 2.51. The van der Waals surface area contributed by atoms with E-state index in [1.54, 1.807) is 0 Å². The van der Waals surface area contributed by atoms with Gasteiger partial charge in [-0.25, -0.2) is 0 Å². The van der Waals surface area contributed by atoms with Gasteiger partial charge in [-0.05, 0) is 332 Å². The lowest BCUT2D eigenvalue weighted by molar-refractivity contribution is 0.669. The van der Waals surface area contributed by atoms with E-state index in [0.29, 0.717) is 0 Å². The van der Waals surface area contributed by atoms with Crippen molar-refractivity contribution in [3.8, 4) is 122 Å². The van der Waals surface area contributed by atoms with Crippen LogP contribution in [0.2, 0.25) is 0 Å². The average Bonchev–Trinajstić information content (AvgIpc) is 1.27. The maximum Gasteiger partial charge on any atom is 0.136 e. The molecule has 0 unspecified atom stereocenters. The molecule has 0 aliphatic rings. The summed E-state index contributed by atoms with van der Waals surface area (Å²) in [4.78, 5) is 0. The Morgan fingerprint density at radius 2 is 0.295 bits per heavy atom. The molecular weight excluding hydrogens is 1800 g/mol. The molecule has 0 fully saturated rings. The third-order valence-corrected chi connectivity index (χ3v) is 30.9. The first-order valence-corrected chi connectivity index (χ1v) is 51.3. The largest absolute Gasteiger partial charge is 0.456 e. The molecule has 0 bridgehead atoms. The molecule has 28 aromatic carbocycles. The van der Waals surface area contributed by atoms with Crippen molar-refractivity contribution in [3.63, 3.8) is 0 Å². The van der Waals surface area contributed by atoms with Crippen LogP contribution in [0.25, 0.3) is 307 Å². The topological polar surface area (TPSA) is 39.4 Å². The van der Waals surface area contributed by atoms with Crippen LogP contribution in [0.3, 0.4) is 0 Å². The van der Waals surface area contributed by atoms with Crippen molar-refractivity contribution in [1.82, 2.24) is 0 Å². The zero-order valence-electron chi connectivity index (χ0n) is 81.2. The first kappa shape index (κ1) is 86.1. The predicted molar refractivity (Wildman–Crippen MR) is 634 cm³/mol. The Morgan fingerprint density at radius 3 is 0.651 bits per heavy atom. The number of benzene rings is 28. The van der Waals surface area contributed by atoms with Gasteiger partial charge in [-0.2, -0.15) is 0 Å². The summed E-state index contributed by atoms with van der Waals surface area (Å²) in [5.41, 5.74) is 32.5. The van der Waals surface area contributed by atoms with E-state index in [4.69, 9.17) is 13.3 Å². The molecule has 0 spiro atoms. The maximum absolute atomic E-state index is 6.30. The summed E-state index contributed by atoms with van der Waals surface area (Å²) in [6.45, 7) is 0. The first-order valence-electron chi connectivity index (χ1n) is 51.3. The molecule has 3 nitrogen and oxygen atoms in total. The number of hydrogen-bond donors (Lipinski definition) is 0. The fraction of sp³-hybridized carbons (Fsp3) is 0. The van der Waals surface area contributed by atoms with Gasteiger partial charge in [-0.15, -0.1) is 0 Å². The third-order valence-electron chi connectivity index (χ3n) is 30.9. The van der Waals surface area contributed by atoms with Crippen molar-refractivity contribution in [3.05, 3.63) is 546 Å². The minimum atomic E-state index is 0.913. The van der Waals surface area contributed by atoms with Crippen LogP contribution in [0.5, 0.6) is 0 Å². The fourth-order valence-corrected chi connectivity index (χ4v) is 23.8. The molecule has 0 N–H and O–H groups in total. The minimum Gasteiger partial charge on any atom is -0.456 e. The number of rotatable bonds is 11. The molecule has 31 aromatic rings. The zero-order valence-corrected chi connectivity index (χ0v) is 81.2. The Hall–Kier alpha value is -19.6. The minimum absolute atomic E-state index is 0.913. The number of furan rings is 3. The Bertz CT molecular complexity index is 10700. The van der Waals surface area contributed by atoms with Crippen LogP contribution in [0.15, 0.2) is 559 Å². The van der Waals surface area contributed by atoms with Crippen molar-refractivity contribution in [2.75, 3.05) is 0 Å². The van der Waals surface area contributed by atoms with Gasteiger partial charge in [0.25, 0.3) is 0 Å². The van der Waals surface area contributed by atoms with E-state index in [1.165, 1.54) is 241 Å². The van der Waals surface area contributed by atoms with Crippen LogP contribution in [-0.4, -0.2) is 0 Å². The molecule has 31 rings (SSSR count). The summed E-state index contributed by atoms with van der Waals surface area (Å²) in [5, 5.41) is 34.3. The standard InChI is InChI=1S/2C52H32O.C42H26O/c1-2-13-37-32-50-48(30-36(37)12-1)47-31-38(27-28-49(47)53-50)33-23-25-35(26-24-33)51-43-18-5-7-20-45(43)52(46-21-8-6-19-44(46)51)40-16-9-15-39(29-40)42-22-10-14-34-11-3-4-17-41(34)42;1-2-10-38-29-41(26-21-33(38)9-1)34-17-22-36(23-18-34)51-43-13-5-7-15-45(43)52(46-16-8-6-14-44(46)51)37-24-19-35(20-25-37)42-27-28-49-47(31-42)48-30-39-11-3-4-12-40(39)32-50(48)53-49;1-2-11-27(12-3-1)41-33-17-6-8-19-35(33)42(36-20-9-7-18-34(36)41)32-16-10-15-28(23-32)31-21-22-39-37(25-31)38-24-29-13-4-5-14-30(29)26-40(38)43-39/h2*1-32H;1-26H. The zero-order chi connectivity index (χ0) is 98.1. The van der Waals surface area contributed by atoms with Crippen molar-refractivity contribution in [2.24, 2.45) is 0 Å². The van der Waals surface area contributed by atoms with E-state index in [0.717, 1.165) is 65.8 Å². The molecular formula is C146H90O3. The molecule has 0 atom stereocenters. The summed E-state index contributed by atoms with van der Waals surface area (Å²) < 4.78 is 18.9. The third kappa shape index (κ3) is 15.0. The SMILES string of the molecule is c1cc(-c2cccc3ccccc23)cc(-c2c3ccccc3c(-c3ccc(-c4ccc5oc6cc7ccccc7cc6c5c4)cc3)c3ccccc23)c1.c1ccc(-c2c3ccccc3c(-c3cccc(-c4ccc5oc6cc7ccccc7cc6c5c4)c3)c3ccccc23)cc1.c1ccc2cc(-c3ccc(-c4c5ccccc5c(-c5ccc(-c6ccc7oc8cc9ccccc9cc8c7c6)cc5)c5ccccc45)cc3)ccc2c1. The van der Waals surface area contributed by atoms with Crippen molar-refractivity contribution >= 4 is 184 Å². The van der Waals surface area contributed by atoms with Crippen molar-refractivity contribution < 1.29 is 13.3 Å². The molecule has 692 valence electrons. The molecule has 0 aliphatic carbocycles. The van der Waals surface area contributed by atoms with E-state index < -0.39 is 0 Å². The number of hydrogen-bond acceptors (Lipinski definition) is 3. The smallest absolute Gasteiger partial charge is 0.136 e. The second-order valence-electron chi connectivity index (χ2n) is 39.4. The van der Waals surface area contributed by atoms with Gasteiger partial charge >= 0.3 is 0 Å². The summed E-state index contributed by atoms with van der Waals surface area (Å²) in [5.74, 6) is 0. The Balaban J connectivity index is 0.000000106. The van der Waals surface area contributed by atoms with E-state index in [9.17, 15) is 0 Å². The predicted octanol–water partition coefficient (Wildman–Crippen LogP) is 41.8. The van der Waals surface area contributed by atoms with Crippen LogP contribution in [0, 0.1) is 0 Å². The van der Waals surface area contributed by atoms with Gasteiger partial charge in [0.05, 0.1) is 0 Å². The van der Waals surface area contributed by atoms with E-state index in [2.05, 4.69) is 546 Å². The highest BCUT2D eigenvalue weighted by Gasteiger charge is 2.25. The monoisotopic (exact) mass is 1890 g/mol. The summed E-state index contributed by atoms with van der Waals surface area (Å²) >= 11 is 0. The second kappa shape index (κ2) is 35.8. The molecule has 0 saturated heterocycles.